The van der Waals surface area contributed by atoms with Gasteiger partial charge in [-0.2, -0.15) is 0 Å². The lowest BCUT2D eigenvalue weighted by Crippen LogP contribution is -2.36. The Labute approximate surface area is 186 Å². The lowest BCUT2D eigenvalue weighted by Gasteiger charge is -2.16. The molecule has 0 saturated heterocycles. The second kappa shape index (κ2) is 9.34. The van der Waals surface area contributed by atoms with Crippen LogP contribution < -0.4 is 16.1 Å². The highest BCUT2D eigenvalue weighted by atomic mass is 16.2. The van der Waals surface area contributed by atoms with Gasteiger partial charge in [0.25, 0.3) is 5.91 Å². The maximum atomic E-state index is 13.1. The van der Waals surface area contributed by atoms with Gasteiger partial charge in [0.1, 0.15) is 17.8 Å². The van der Waals surface area contributed by atoms with Gasteiger partial charge in [0, 0.05) is 23.6 Å². The molecule has 32 heavy (non-hydrogen) atoms. The third kappa shape index (κ3) is 4.72. The van der Waals surface area contributed by atoms with Crippen molar-refractivity contribution in [2.75, 3.05) is 5.32 Å². The van der Waals surface area contributed by atoms with E-state index < -0.39 is 11.3 Å². The van der Waals surface area contributed by atoms with Crippen molar-refractivity contribution in [1.82, 2.24) is 14.9 Å². The Morgan fingerprint density at radius 2 is 1.81 bits per heavy atom. The van der Waals surface area contributed by atoms with Crippen LogP contribution in [0.4, 0.5) is 5.69 Å². The highest BCUT2D eigenvalue weighted by molar-refractivity contribution is 6.05. The summed E-state index contributed by atoms with van der Waals surface area (Å²) in [6.45, 7) is 3.88. The number of aryl methyl sites for hydroxylation is 2. The van der Waals surface area contributed by atoms with Crippen molar-refractivity contribution >= 4 is 28.5 Å². The first-order valence-electron chi connectivity index (χ1n) is 11.1. The molecule has 0 radical (unpaired) electrons. The summed E-state index contributed by atoms with van der Waals surface area (Å²) in [7, 11) is 0. The Morgan fingerprint density at radius 3 is 2.50 bits per heavy atom. The van der Waals surface area contributed by atoms with Crippen LogP contribution >= 0.6 is 0 Å². The smallest absolute Gasteiger partial charge is 0.261 e. The maximum Gasteiger partial charge on any atom is 0.261 e. The van der Waals surface area contributed by atoms with Gasteiger partial charge in [-0.3, -0.25) is 14.4 Å². The fraction of sp³-hybridized carbons (Fsp3) is 0.360. The molecule has 0 bridgehead atoms. The van der Waals surface area contributed by atoms with Crippen molar-refractivity contribution in [2.45, 2.75) is 58.5 Å². The van der Waals surface area contributed by atoms with Crippen LogP contribution in [-0.4, -0.2) is 27.4 Å². The van der Waals surface area contributed by atoms with E-state index in [-0.39, 0.29) is 24.1 Å². The van der Waals surface area contributed by atoms with Crippen molar-refractivity contribution in [2.24, 2.45) is 0 Å². The lowest BCUT2D eigenvalue weighted by molar-refractivity contribution is -0.122. The summed E-state index contributed by atoms with van der Waals surface area (Å²) in [4.78, 5) is 43.2. The maximum absolute atomic E-state index is 13.1. The first-order chi connectivity index (χ1) is 15.4. The summed E-state index contributed by atoms with van der Waals surface area (Å²) in [5, 5.41) is 6.16. The molecule has 1 aliphatic rings. The summed E-state index contributed by atoms with van der Waals surface area (Å²) in [6, 6.07) is 11.1. The number of benzene rings is 1. The Kier molecular flexibility index (Phi) is 6.35. The van der Waals surface area contributed by atoms with Gasteiger partial charge >= 0.3 is 0 Å². The predicted molar refractivity (Wildman–Crippen MR) is 125 cm³/mol. The SMILES string of the molecule is CCc1ccc(NC(=O)c2cn(CC(=O)NC3CCCC3)c3nc(C)ccc3c2=O)cc1. The van der Waals surface area contributed by atoms with Crippen molar-refractivity contribution in [3.05, 3.63) is 69.6 Å². The number of anilines is 1. The molecule has 2 heterocycles. The van der Waals surface area contributed by atoms with Gasteiger partial charge in [0.05, 0.1) is 5.39 Å². The van der Waals surface area contributed by atoms with E-state index in [9.17, 15) is 14.4 Å². The molecule has 4 rings (SSSR count). The number of amides is 2. The number of nitrogens with zero attached hydrogens (tertiary/aromatic N) is 2. The number of fused-ring (bicyclic) bond motifs is 1. The van der Waals surface area contributed by atoms with E-state index in [0.717, 1.165) is 43.4 Å². The summed E-state index contributed by atoms with van der Waals surface area (Å²) in [5.74, 6) is -0.654. The number of nitrogens with one attached hydrogen (secondary N) is 2. The minimum absolute atomic E-state index is 0.00475. The van der Waals surface area contributed by atoms with E-state index >= 15 is 0 Å². The van der Waals surface area contributed by atoms with E-state index in [1.54, 1.807) is 16.7 Å². The summed E-state index contributed by atoms with van der Waals surface area (Å²) in [5.41, 5.74) is 2.49. The molecule has 1 fully saturated rings. The fourth-order valence-electron chi connectivity index (χ4n) is 4.16. The normalized spacial score (nSPS) is 13.9. The van der Waals surface area contributed by atoms with Gasteiger partial charge < -0.3 is 15.2 Å². The monoisotopic (exact) mass is 432 g/mol. The molecule has 0 spiro atoms. The van der Waals surface area contributed by atoms with Gasteiger partial charge in [0.15, 0.2) is 0 Å². The van der Waals surface area contributed by atoms with Crippen molar-refractivity contribution in [3.63, 3.8) is 0 Å². The minimum Gasteiger partial charge on any atom is -0.352 e. The quantitative estimate of drug-likeness (QED) is 0.623. The standard InChI is InChI=1S/C25H28N4O3/c1-3-17-9-11-19(12-10-17)28-25(32)21-14-29(15-22(30)27-18-6-4-5-7-18)24-20(23(21)31)13-8-16(2)26-24/h8-14,18H,3-7,15H2,1-2H3,(H,27,30)(H,28,32). The number of carbonyl (C=O) groups is 2. The van der Waals surface area contributed by atoms with Crippen molar-refractivity contribution < 1.29 is 9.59 Å². The van der Waals surface area contributed by atoms with E-state index in [2.05, 4.69) is 22.5 Å². The number of hydrogen-bond donors (Lipinski definition) is 2. The van der Waals surface area contributed by atoms with Gasteiger partial charge in [-0.25, -0.2) is 4.98 Å². The second-order valence-electron chi connectivity index (χ2n) is 8.38. The minimum atomic E-state index is -0.508. The van der Waals surface area contributed by atoms with E-state index in [4.69, 9.17) is 0 Å². The largest absolute Gasteiger partial charge is 0.352 e. The first kappa shape index (κ1) is 21.7. The molecular weight excluding hydrogens is 404 g/mol. The van der Waals surface area contributed by atoms with E-state index in [1.807, 2.05) is 31.2 Å². The molecule has 166 valence electrons. The van der Waals surface area contributed by atoms with E-state index in [1.165, 1.54) is 6.20 Å². The van der Waals surface area contributed by atoms with Gasteiger partial charge in [-0.15, -0.1) is 0 Å². The zero-order chi connectivity index (χ0) is 22.7. The van der Waals surface area contributed by atoms with Crippen LogP contribution in [-0.2, 0) is 17.8 Å². The number of aromatic nitrogens is 2. The molecule has 0 unspecified atom stereocenters. The number of hydrogen-bond acceptors (Lipinski definition) is 4. The van der Waals surface area contributed by atoms with Crippen LogP contribution in [0.15, 0.2) is 47.4 Å². The zero-order valence-corrected chi connectivity index (χ0v) is 18.5. The van der Waals surface area contributed by atoms with Crippen LogP contribution in [0.25, 0.3) is 11.0 Å². The molecule has 2 aromatic heterocycles. The molecule has 2 N–H and O–H groups in total. The number of pyridine rings is 2. The van der Waals surface area contributed by atoms with Gasteiger partial charge in [-0.05, 0) is 56.0 Å². The number of carbonyl (C=O) groups excluding carboxylic acids is 2. The molecule has 1 saturated carbocycles. The van der Waals surface area contributed by atoms with Crippen LogP contribution in [0.3, 0.4) is 0 Å². The summed E-state index contributed by atoms with van der Waals surface area (Å²) in [6.07, 6.45) is 6.56. The molecule has 7 nitrogen and oxygen atoms in total. The zero-order valence-electron chi connectivity index (χ0n) is 18.5. The van der Waals surface area contributed by atoms with Crippen LogP contribution in [0.1, 0.15) is 54.2 Å². The Balaban J connectivity index is 1.66. The van der Waals surface area contributed by atoms with E-state index in [0.29, 0.717) is 16.7 Å². The van der Waals surface area contributed by atoms with Crippen LogP contribution in [0, 0.1) is 6.92 Å². The first-order valence-corrected chi connectivity index (χ1v) is 11.1. The Bertz CT molecular complexity index is 1210. The summed E-state index contributed by atoms with van der Waals surface area (Å²) < 4.78 is 1.60. The third-order valence-corrected chi connectivity index (χ3v) is 5.96. The molecule has 3 aromatic rings. The third-order valence-electron chi connectivity index (χ3n) is 5.96. The predicted octanol–water partition coefficient (Wildman–Crippen LogP) is 3.58. The molecule has 1 aliphatic carbocycles. The van der Waals surface area contributed by atoms with Crippen molar-refractivity contribution in [3.8, 4) is 0 Å². The van der Waals surface area contributed by atoms with Crippen LogP contribution in [0.2, 0.25) is 0 Å². The highest BCUT2D eigenvalue weighted by Crippen LogP contribution is 2.18. The Morgan fingerprint density at radius 1 is 1.09 bits per heavy atom. The Hall–Kier alpha value is -3.48. The lowest BCUT2D eigenvalue weighted by atomic mass is 10.1. The average Bonchev–Trinajstić information content (AvgIpc) is 3.29. The van der Waals surface area contributed by atoms with Gasteiger partial charge in [0.2, 0.25) is 11.3 Å². The summed E-state index contributed by atoms with van der Waals surface area (Å²) >= 11 is 0. The molecular formula is C25H28N4O3. The molecule has 0 atom stereocenters. The molecule has 7 heteroatoms. The number of rotatable bonds is 6. The highest BCUT2D eigenvalue weighted by Gasteiger charge is 2.20. The van der Waals surface area contributed by atoms with Crippen molar-refractivity contribution in [1.29, 1.82) is 0 Å². The fourth-order valence-corrected chi connectivity index (χ4v) is 4.16. The average molecular weight is 433 g/mol. The topological polar surface area (TPSA) is 93.1 Å². The molecule has 2 amide bonds. The molecule has 1 aromatic carbocycles. The van der Waals surface area contributed by atoms with Crippen LogP contribution in [0.5, 0.6) is 0 Å². The molecule has 0 aliphatic heterocycles. The van der Waals surface area contributed by atoms with Gasteiger partial charge in [-0.1, -0.05) is 31.9 Å². The second-order valence-corrected chi connectivity index (χ2v) is 8.38.